The van der Waals surface area contributed by atoms with Gasteiger partial charge < -0.3 is 15.5 Å². The van der Waals surface area contributed by atoms with Crippen LogP contribution in [-0.2, 0) is 22.7 Å². The fourth-order valence-electron chi connectivity index (χ4n) is 3.72. The SMILES string of the molecule is O=C1CCC(N2Cc3c(CNCC4CNC4)cccc3C2=O)C(=O)N1. The molecular formula is C18H22N4O3. The van der Waals surface area contributed by atoms with E-state index in [0.717, 1.165) is 37.3 Å². The van der Waals surface area contributed by atoms with Crippen LogP contribution in [0.2, 0.25) is 0 Å². The second kappa shape index (κ2) is 6.57. The quantitative estimate of drug-likeness (QED) is 0.643. The van der Waals surface area contributed by atoms with Gasteiger partial charge in [0.15, 0.2) is 0 Å². The summed E-state index contributed by atoms with van der Waals surface area (Å²) in [6.45, 7) is 4.23. The van der Waals surface area contributed by atoms with Gasteiger partial charge in [-0.1, -0.05) is 12.1 Å². The number of carbonyl (C=O) groups excluding carboxylic acids is 3. The van der Waals surface area contributed by atoms with Gasteiger partial charge >= 0.3 is 0 Å². The Morgan fingerprint density at radius 3 is 2.76 bits per heavy atom. The van der Waals surface area contributed by atoms with Crippen molar-refractivity contribution in [2.45, 2.75) is 32.0 Å². The first kappa shape index (κ1) is 16.2. The van der Waals surface area contributed by atoms with Crippen molar-refractivity contribution in [1.82, 2.24) is 20.9 Å². The van der Waals surface area contributed by atoms with E-state index in [1.165, 1.54) is 0 Å². The first-order valence-corrected chi connectivity index (χ1v) is 8.80. The van der Waals surface area contributed by atoms with E-state index >= 15 is 0 Å². The molecule has 0 aliphatic carbocycles. The number of amides is 3. The predicted octanol–water partition coefficient (Wildman–Crippen LogP) is -0.243. The van der Waals surface area contributed by atoms with Gasteiger partial charge in [0.05, 0.1) is 0 Å². The lowest BCUT2D eigenvalue weighted by Gasteiger charge is -2.29. The molecule has 2 saturated heterocycles. The molecule has 1 aromatic rings. The van der Waals surface area contributed by atoms with Crippen LogP contribution in [0.5, 0.6) is 0 Å². The molecule has 4 rings (SSSR count). The molecule has 3 aliphatic heterocycles. The molecule has 3 heterocycles. The minimum absolute atomic E-state index is 0.116. The average molecular weight is 342 g/mol. The highest BCUT2D eigenvalue weighted by Crippen LogP contribution is 2.29. The van der Waals surface area contributed by atoms with E-state index in [4.69, 9.17) is 0 Å². The van der Waals surface area contributed by atoms with E-state index in [1.54, 1.807) is 4.90 Å². The van der Waals surface area contributed by atoms with Gasteiger partial charge in [-0.2, -0.15) is 0 Å². The Kier molecular flexibility index (Phi) is 4.27. The lowest BCUT2D eigenvalue weighted by molar-refractivity contribution is -0.136. The summed E-state index contributed by atoms with van der Waals surface area (Å²) < 4.78 is 0. The smallest absolute Gasteiger partial charge is 0.255 e. The third kappa shape index (κ3) is 3.05. The molecule has 0 aromatic heterocycles. The van der Waals surface area contributed by atoms with Crippen LogP contribution in [0, 0.1) is 5.92 Å². The molecule has 25 heavy (non-hydrogen) atoms. The Morgan fingerprint density at radius 1 is 1.20 bits per heavy atom. The van der Waals surface area contributed by atoms with Gasteiger partial charge in [-0.3, -0.25) is 19.7 Å². The first-order chi connectivity index (χ1) is 12.1. The molecule has 2 fully saturated rings. The predicted molar refractivity (Wildman–Crippen MR) is 90.6 cm³/mol. The monoisotopic (exact) mass is 342 g/mol. The van der Waals surface area contributed by atoms with Gasteiger partial charge in [-0.05, 0) is 29.5 Å². The lowest BCUT2D eigenvalue weighted by atomic mass is 10.0. The number of nitrogens with zero attached hydrogens (tertiary/aromatic N) is 1. The highest BCUT2D eigenvalue weighted by molar-refractivity contribution is 6.05. The number of hydrogen-bond acceptors (Lipinski definition) is 5. The Labute approximate surface area is 146 Å². The molecule has 0 saturated carbocycles. The highest BCUT2D eigenvalue weighted by atomic mass is 16.2. The van der Waals surface area contributed by atoms with E-state index in [1.807, 2.05) is 18.2 Å². The van der Waals surface area contributed by atoms with Crippen molar-refractivity contribution in [3.8, 4) is 0 Å². The third-order valence-corrected chi connectivity index (χ3v) is 5.29. The summed E-state index contributed by atoms with van der Waals surface area (Å²) in [6, 6.07) is 5.20. The number of piperidine rings is 1. The maximum Gasteiger partial charge on any atom is 0.255 e. The van der Waals surface area contributed by atoms with Crippen molar-refractivity contribution in [3.05, 3.63) is 34.9 Å². The van der Waals surface area contributed by atoms with Crippen molar-refractivity contribution in [2.75, 3.05) is 19.6 Å². The molecule has 7 heteroatoms. The summed E-state index contributed by atoms with van der Waals surface area (Å²) in [4.78, 5) is 37.8. The largest absolute Gasteiger partial charge is 0.322 e. The molecule has 1 atom stereocenters. The Morgan fingerprint density at radius 2 is 2.04 bits per heavy atom. The highest BCUT2D eigenvalue weighted by Gasteiger charge is 2.39. The van der Waals surface area contributed by atoms with Crippen LogP contribution < -0.4 is 16.0 Å². The zero-order valence-corrected chi connectivity index (χ0v) is 14.0. The third-order valence-electron chi connectivity index (χ3n) is 5.29. The molecule has 3 N–H and O–H groups in total. The first-order valence-electron chi connectivity index (χ1n) is 8.80. The van der Waals surface area contributed by atoms with Crippen molar-refractivity contribution in [1.29, 1.82) is 0 Å². The van der Waals surface area contributed by atoms with Gasteiger partial charge in [0.2, 0.25) is 11.8 Å². The number of benzene rings is 1. The summed E-state index contributed by atoms with van der Waals surface area (Å²) in [6.07, 6.45) is 0.674. The maximum atomic E-state index is 12.7. The normalized spacial score (nSPS) is 23.4. The van der Waals surface area contributed by atoms with Crippen molar-refractivity contribution in [2.24, 2.45) is 5.92 Å². The second-order valence-corrected chi connectivity index (χ2v) is 7.00. The summed E-state index contributed by atoms with van der Waals surface area (Å²) in [5, 5.41) is 9.05. The molecule has 1 unspecified atom stereocenters. The zero-order chi connectivity index (χ0) is 17.4. The van der Waals surface area contributed by atoms with E-state index in [-0.39, 0.29) is 24.1 Å². The Balaban J connectivity index is 1.47. The van der Waals surface area contributed by atoms with Crippen LogP contribution in [0.3, 0.4) is 0 Å². The summed E-state index contributed by atoms with van der Waals surface area (Å²) in [7, 11) is 0. The molecule has 7 nitrogen and oxygen atoms in total. The van der Waals surface area contributed by atoms with Gasteiger partial charge in [-0.25, -0.2) is 0 Å². The average Bonchev–Trinajstić information content (AvgIpc) is 2.88. The number of hydrogen-bond donors (Lipinski definition) is 3. The fraction of sp³-hybridized carbons (Fsp3) is 0.500. The number of nitrogens with one attached hydrogen (secondary N) is 3. The minimum atomic E-state index is -0.556. The van der Waals surface area contributed by atoms with E-state index < -0.39 is 6.04 Å². The van der Waals surface area contributed by atoms with Crippen LogP contribution in [0.15, 0.2) is 18.2 Å². The molecule has 0 spiro atoms. The van der Waals surface area contributed by atoms with Crippen molar-refractivity contribution in [3.63, 3.8) is 0 Å². The van der Waals surface area contributed by atoms with Crippen LogP contribution in [0.4, 0.5) is 0 Å². The number of carbonyl (C=O) groups is 3. The molecular weight excluding hydrogens is 320 g/mol. The lowest BCUT2D eigenvalue weighted by Crippen LogP contribution is -2.52. The van der Waals surface area contributed by atoms with E-state index in [9.17, 15) is 14.4 Å². The van der Waals surface area contributed by atoms with E-state index in [0.29, 0.717) is 24.4 Å². The van der Waals surface area contributed by atoms with Gasteiger partial charge in [-0.15, -0.1) is 0 Å². The second-order valence-electron chi connectivity index (χ2n) is 7.00. The Bertz CT molecular complexity index is 729. The van der Waals surface area contributed by atoms with Gasteiger partial charge in [0, 0.05) is 44.7 Å². The van der Waals surface area contributed by atoms with Crippen molar-refractivity contribution < 1.29 is 14.4 Å². The van der Waals surface area contributed by atoms with Crippen molar-refractivity contribution >= 4 is 17.7 Å². The number of rotatable bonds is 5. The van der Waals surface area contributed by atoms with Crippen LogP contribution in [-0.4, -0.2) is 48.3 Å². The summed E-state index contributed by atoms with van der Waals surface area (Å²) >= 11 is 0. The number of fused-ring (bicyclic) bond motifs is 1. The van der Waals surface area contributed by atoms with Crippen LogP contribution in [0.1, 0.15) is 34.3 Å². The molecule has 0 bridgehead atoms. The topological polar surface area (TPSA) is 90.5 Å². The molecule has 1 aromatic carbocycles. The van der Waals surface area contributed by atoms with Crippen LogP contribution >= 0.6 is 0 Å². The maximum absolute atomic E-state index is 12.7. The van der Waals surface area contributed by atoms with E-state index in [2.05, 4.69) is 16.0 Å². The fourth-order valence-corrected chi connectivity index (χ4v) is 3.72. The molecule has 132 valence electrons. The van der Waals surface area contributed by atoms with Gasteiger partial charge in [0.25, 0.3) is 5.91 Å². The standard InChI is InChI=1S/C18H22N4O3/c23-16-5-4-15(17(24)21-16)22-10-14-12(2-1-3-13(14)18(22)25)9-20-8-11-6-19-7-11/h1-3,11,15,19-20H,4-10H2,(H,21,23,24). The van der Waals surface area contributed by atoms with Gasteiger partial charge in [0.1, 0.15) is 6.04 Å². The van der Waals surface area contributed by atoms with Crippen LogP contribution in [0.25, 0.3) is 0 Å². The molecule has 0 radical (unpaired) electrons. The molecule has 3 amide bonds. The zero-order valence-electron chi connectivity index (χ0n) is 14.0. The minimum Gasteiger partial charge on any atom is -0.322 e. The summed E-state index contributed by atoms with van der Waals surface area (Å²) in [5.41, 5.74) is 2.78. The number of imide groups is 1. The molecule has 3 aliphatic rings. The summed E-state index contributed by atoms with van der Waals surface area (Å²) in [5.74, 6) is -0.0664. The Hall–Kier alpha value is -2.25.